The molecular formula is C15H36N2O3. The molecule has 0 unspecified atom stereocenters. The smallest absolute Gasteiger partial charge is 0.407 e. The van der Waals surface area contributed by atoms with Gasteiger partial charge >= 0.3 is 6.09 Å². The second kappa shape index (κ2) is 26.7. The van der Waals surface area contributed by atoms with Gasteiger partial charge in [-0.05, 0) is 32.4 Å². The first kappa shape index (κ1) is 24.2. The molecular weight excluding hydrogens is 256 g/mol. The van der Waals surface area contributed by atoms with Crippen LogP contribution in [0, 0.1) is 0 Å². The van der Waals surface area contributed by atoms with Gasteiger partial charge in [0.1, 0.15) is 6.61 Å². The summed E-state index contributed by atoms with van der Waals surface area (Å²) >= 11 is 0. The highest BCUT2D eigenvalue weighted by atomic mass is 16.6. The van der Waals surface area contributed by atoms with Crippen LogP contribution in [0.15, 0.2) is 0 Å². The van der Waals surface area contributed by atoms with Crippen LogP contribution in [0.3, 0.4) is 0 Å². The summed E-state index contributed by atoms with van der Waals surface area (Å²) in [7, 11) is 0. The summed E-state index contributed by atoms with van der Waals surface area (Å²) in [5.41, 5.74) is 0. The zero-order valence-corrected chi connectivity index (χ0v) is 14.1. The van der Waals surface area contributed by atoms with E-state index >= 15 is 0 Å². The Kier molecular flexibility index (Phi) is 32.3. The van der Waals surface area contributed by atoms with E-state index in [1.807, 2.05) is 20.8 Å². The molecule has 124 valence electrons. The second-order valence-electron chi connectivity index (χ2n) is 3.89. The summed E-state index contributed by atoms with van der Waals surface area (Å²) in [6, 6.07) is 0. The first-order valence-electron chi connectivity index (χ1n) is 7.95. The first-order valence-corrected chi connectivity index (χ1v) is 7.95. The maximum atomic E-state index is 10.6. The van der Waals surface area contributed by atoms with Crippen molar-refractivity contribution in [3.05, 3.63) is 0 Å². The van der Waals surface area contributed by atoms with Crippen LogP contribution < -0.4 is 10.6 Å². The molecule has 0 aromatic rings. The Morgan fingerprint density at radius 1 is 1.00 bits per heavy atom. The quantitative estimate of drug-likeness (QED) is 0.571. The van der Waals surface area contributed by atoms with Crippen LogP contribution in [-0.2, 0) is 4.74 Å². The Hall–Kier alpha value is -0.810. The fraction of sp³-hybridized carbons (Fsp3) is 0.933. The molecule has 0 atom stereocenters. The number of unbranched alkanes of at least 4 members (excludes halogenated alkanes) is 1. The van der Waals surface area contributed by atoms with Crippen LogP contribution in [0.1, 0.15) is 60.3 Å². The molecule has 3 N–H and O–H groups in total. The van der Waals surface area contributed by atoms with E-state index in [-0.39, 0.29) is 13.2 Å². The van der Waals surface area contributed by atoms with Gasteiger partial charge in [0.15, 0.2) is 0 Å². The SMILES string of the molecule is CC.CCCCNC(=O)OCCO.CCCNCCC. The number of hydrogen-bond acceptors (Lipinski definition) is 4. The summed E-state index contributed by atoms with van der Waals surface area (Å²) in [6.07, 6.45) is 4.04. The Morgan fingerprint density at radius 2 is 1.55 bits per heavy atom. The van der Waals surface area contributed by atoms with Crippen molar-refractivity contribution >= 4 is 6.09 Å². The predicted molar refractivity (Wildman–Crippen MR) is 86.1 cm³/mol. The Bertz CT molecular complexity index is 163. The minimum Gasteiger partial charge on any atom is -0.447 e. The maximum Gasteiger partial charge on any atom is 0.407 e. The molecule has 0 heterocycles. The molecule has 0 fully saturated rings. The third-order valence-electron chi connectivity index (χ3n) is 1.98. The lowest BCUT2D eigenvalue weighted by Gasteiger charge is -2.03. The fourth-order valence-corrected chi connectivity index (χ4v) is 1.04. The first-order chi connectivity index (χ1) is 9.72. The van der Waals surface area contributed by atoms with E-state index in [4.69, 9.17) is 5.11 Å². The van der Waals surface area contributed by atoms with Gasteiger partial charge in [-0.2, -0.15) is 0 Å². The van der Waals surface area contributed by atoms with Gasteiger partial charge in [0.2, 0.25) is 0 Å². The zero-order chi connectivity index (χ0) is 16.1. The average Bonchev–Trinajstić information content (AvgIpc) is 2.49. The van der Waals surface area contributed by atoms with Crippen molar-refractivity contribution in [3.63, 3.8) is 0 Å². The molecule has 0 aliphatic rings. The summed E-state index contributed by atoms with van der Waals surface area (Å²) in [5.74, 6) is 0. The topological polar surface area (TPSA) is 70.6 Å². The molecule has 0 bridgehead atoms. The van der Waals surface area contributed by atoms with Gasteiger partial charge in [0.25, 0.3) is 0 Å². The van der Waals surface area contributed by atoms with E-state index in [1.54, 1.807) is 0 Å². The highest BCUT2D eigenvalue weighted by Crippen LogP contribution is 1.83. The van der Waals surface area contributed by atoms with Crippen LogP contribution in [-0.4, -0.2) is 44.0 Å². The molecule has 0 aliphatic heterocycles. The van der Waals surface area contributed by atoms with E-state index in [9.17, 15) is 4.79 Å². The molecule has 0 saturated heterocycles. The minimum absolute atomic E-state index is 0.0674. The lowest BCUT2D eigenvalue weighted by Crippen LogP contribution is -2.26. The highest BCUT2D eigenvalue weighted by molar-refractivity contribution is 5.66. The van der Waals surface area contributed by atoms with Crippen molar-refractivity contribution in [2.24, 2.45) is 0 Å². The number of aliphatic hydroxyl groups excluding tert-OH is 1. The summed E-state index contributed by atoms with van der Waals surface area (Å²) in [6.45, 7) is 13.3. The number of ether oxygens (including phenoxy) is 1. The molecule has 5 nitrogen and oxygen atoms in total. The lowest BCUT2D eigenvalue weighted by atomic mass is 10.3. The summed E-state index contributed by atoms with van der Waals surface area (Å²) < 4.78 is 4.54. The van der Waals surface area contributed by atoms with Crippen LogP contribution >= 0.6 is 0 Å². The monoisotopic (exact) mass is 292 g/mol. The third kappa shape index (κ3) is 30.3. The number of carbonyl (C=O) groups excluding carboxylic acids is 1. The Labute approximate surface area is 125 Å². The van der Waals surface area contributed by atoms with Crippen LogP contribution in [0.5, 0.6) is 0 Å². The maximum absolute atomic E-state index is 10.6. The van der Waals surface area contributed by atoms with Crippen molar-refractivity contribution in [2.75, 3.05) is 32.8 Å². The van der Waals surface area contributed by atoms with E-state index in [1.165, 1.54) is 25.9 Å². The molecule has 5 heteroatoms. The number of aliphatic hydroxyl groups is 1. The van der Waals surface area contributed by atoms with Crippen molar-refractivity contribution in [3.8, 4) is 0 Å². The van der Waals surface area contributed by atoms with Crippen molar-refractivity contribution in [1.29, 1.82) is 0 Å². The number of carbonyl (C=O) groups is 1. The molecule has 0 radical (unpaired) electrons. The minimum atomic E-state index is -0.451. The van der Waals surface area contributed by atoms with Gasteiger partial charge in [0, 0.05) is 6.54 Å². The van der Waals surface area contributed by atoms with Gasteiger partial charge in [-0.1, -0.05) is 41.0 Å². The van der Waals surface area contributed by atoms with Crippen molar-refractivity contribution in [2.45, 2.75) is 60.3 Å². The van der Waals surface area contributed by atoms with Crippen molar-refractivity contribution < 1.29 is 14.6 Å². The van der Waals surface area contributed by atoms with Crippen LogP contribution in [0.4, 0.5) is 4.79 Å². The molecule has 0 saturated carbocycles. The molecule has 0 aliphatic carbocycles. The number of hydrogen-bond donors (Lipinski definition) is 3. The highest BCUT2D eigenvalue weighted by Gasteiger charge is 1.97. The zero-order valence-electron chi connectivity index (χ0n) is 14.1. The fourth-order valence-electron chi connectivity index (χ4n) is 1.04. The van der Waals surface area contributed by atoms with E-state index in [0.717, 1.165) is 12.8 Å². The van der Waals surface area contributed by atoms with E-state index in [0.29, 0.717) is 6.54 Å². The predicted octanol–water partition coefficient (Wildman–Crippen LogP) is 2.93. The lowest BCUT2D eigenvalue weighted by molar-refractivity contribution is 0.119. The van der Waals surface area contributed by atoms with E-state index in [2.05, 4.69) is 29.2 Å². The number of rotatable bonds is 9. The largest absolute Gasteiger partial charge is 0.447 e. The molecule has 20 heavy (non-hydrogen) atoms. The standard InChI is InChI=1S/C7H15NO3.C6H15N.C2H6/c1-2-3-4-8-7(10)11-6-5-9;1-3-5-7-6-4-2;1-2/h9H,2-6H2,1H3,(H,8,10);7H,3-6H2,1-2H3;1-2H3. The van der Waals surface area contributed by atoms with Crippen LogP contribution in [0.25, 0.3) is 0 Å². The number of amides is 1. The molecule has 0 rings (SSSR count). The third-order valence-corrected chi connectivity index (χ3v) is 1.98. The van der Waals surface area contributed by atoms with Gasteiger partial charge < -0.3 is 20.5 Å². The summed E-state index contributed by atoms with van der Waals surface area (Å²) in [5, 5.41) is 14.1. The van der Waals surface area contributed by atoms with Crippen LogP contribution in [0.2, 0.25) is 0 Å². The molecule has 0 aromatic carbocycles. The molecule has 0 spiro atoms. The summed E-state index contributed by atoms with van der Waals surface area (Å²) in [4.78, 5) is 10.6. The van der Waals surface area contributed by atoms with E-state index < -0.39 is 6.09 Å². The Balaban J connectivity index is -0.000000277. The van der Waals surface area contributed by atoms with Crippen molar-refractivity contribution in [1.82, 2.24) is 10.6 Å². The second-order valence-corrected chi connectivity index (χ2v) is 3.89. The number of alkyl carbamates (subject to hydrolysis) is 1. The van der Waals surface area contributed by atoms with Gasteiger partial charge in [-0.3, -0.25) is 0 Å². The molecule has 0 aromatic heterocycles. The Morgan fingerprint density at radius 3 is 1.95 bits per heavy atom. The van der Waals surface area contributed by atoms with Gasteiger partial charge in [-0.25, -0.2) is 4.79 Å². The normalized spacial score (nSPS) is 8.70. The van der Waals surface area contributed by atoms with Gasteiger partial charge in [0.05, 0.1) is 6.61 Å². The number of nitrogens with one attached hydrogen (secondary N) is 2. The van der Waals surface area contributed by atoms with Gasteiger partial charge in [-0.15, -0.1) is 0 Å². The average molecular weight is 292 g/mol. The molecule has 1 amide bonds.